The minimum atomic E-state index is -0.259. The molecule has 1 aliphatic rings. The number of benzene rings is 2. The Hall–Kier alpha value is -2.77. The minimum absolute atomic E-state index is 0. The molecule has 0 spiro atoms. The van der Waals surface area contributed by atoms with Crippen LogP contribution < -0.4 is 25.4 Å². The summed E-state index contributed by atoms with van der Waals surface area (Å²) in [4.78, 5) is 24.8. The fourth-order valence-electron chi connectivity index (χ4n) is 3.23. The third-order valence-electron chi connectivity index (χ3n) is 4.67. The summed E-state index contributed by atoms with van der Waals surface area (Å²) in [6.07, 6.45) is 2.49. The van der Waals surface area contributed by atoms with E-state index in [1.165, 1.54) is 14.2 Å². The summed E-state index contributed by atoms with van der Waals surface area (Å²) in [5.41, 5.74) is 1.49. The average molecular weight is 420 g/mol. The van der Waals surface area contributed by atoms with Gasteiger partial charge in [-0.3, -0.25) is 9.59 Å². The standard InChI is InChI=1S/C21H25N3O4.ClH/c1-27-18-13-17(24-21(26)14-7-4-3-5-8-14)19(28-2)12-16(18)23-20(25)11-15-9-6-10-22-15;/h3-5,7-8,12-13,15,22H,6,9-11H2,1-2H3,(H,23,25)(H,24,26);1H. The van der Waals surface area contributed by atoms with E-state index in [1.54, 1.807) is 36.4 Å². The zero-order valence-corrected chi connectivity index (χ0v) is 17.3. The summed E-state index contributed by atoms with van der Waals surface area (Å²) in [6.45, 7) is 0.949. The molecular weight excluding hydrogens is 394 g/mol. The van der Waals surface area contributed by atoms with Crippen LogP contribution in [-0.4, -0.2) is 38.6 Å². The zero-order chi connectivity index (χ0) is 19.9. The van der Waals surface area contributed by atoms with Crippen molar-refractivity contribution in [3.8, 4) is 11.5 Å². The summed E-state index contributed by atoms with van der Waals surface area (Å²) in [7, 11) is 3.02. The van der Waals surface area contributed by atoms with Gasteiger partial charge in [-0.25, -0.2) is 0 Å². The fourth-order valence-corrected chi connectivity index (χ4v) is 3.23. The molecule has 0 aromatic heterocycles. The molecule has 0 saturated carbocycles. The Bertz CT molecular complexity index is 839. The van der Waals surface area contributed by atoms with Crippen LogP contribution in [0.25, 0.3) is 0 Å². The molecule has 3 rings (SSSR count). The molecule has 2 aromatic rings. The number of anilines is 2. The van der Waals surface area contributed by atoms with Crippen molar-refractivity contribution in [1.29, 1.82) is 0 Å². The Morgan fingerprint density at radius 1 is 1.03 bits per heavy atom. The van der Waals surface area contributed by atoms with Gasteiger partial charge in [0.1, 0.15) is 11.5 Å². The van der Waals surface area contributed by atoms with Gasteiger partial charge in [0.05, 0.1) is 25.6 Å². The Labute approximate surface area is 176 Å². The van der Waals surface area contributed by atoms with Gasteiger partial charge < -0.3 is 25.4 Å². The number of halogens is 1. The van der Waals surface area contributed by atoms with Gasteiger partial charge in [-0.1, -0.05) is 18.2 Å². The molecular formula is C21H26ClN3O4. The lowest BCUT2D eigenvalue weighted by Crippen LogP contribution is -2.27. The number of carbonyl (C=O) groups excluding carboxylic acids is 2. The van der Waals surface area contributed by atoms with E-state index in [4.69, 9.17) is 9.47 Å². The molecule has 1 unspecified atom stereocenters. The van der Waals surface area contributed by atoms with Crippen LogP contribution in [0.4, 0.5) is 11.4 Å². The van der Waals surface area contributed by atoms with Crippen LogP contribution in [0.3, 0.4) is 0 Å². The van der Waals surface area contributed by atoms with E-state index in [0.29, 0.717) is 34.9 Å². The van der Waals surface area contributed by atoms with E-state index in [-0.39, 0.29) is 30.3 Å². The smallest absolute Gasteiger partial charge is 0.255 e. The van der Waals surface area contributed by atoms with Gasteiger partial charge in [-0.2, -0.15) is 0 Å². The largest absolute Gasteiger partial charge is 0.494 e. The van der Waals surface area contributed by atoms with Gasteiger partial charge >= 0.3 is 0 Å². The highest BCUT2D eigenvalue weighted by molar-refractivity contribution is 6.05. The first-order valence-corrected chi connectivity index (χ1v) is 9.26. The van der Waals surface area contributed by atoms with E-state index < -0.39 is 0 Å². The molecule has 2 aromatic carbocycles. The Kier molecular flexibility index (Phi) is 8.30. The van der Waals surface area contributed by atoms with Crippen molar-refractivity contribution < 1.29 is 19.1 Å². The molecule has 0 bridgehead atoms. The first-order valence-electron chi connectivity index (χ1n) is 9.26. The van der Waals surface area contributed by atoms with Crippen molar-refractivity contribution in [3.63, 3.8) is 0 Å². The van der Waals surface area contributed by atoms with E-state index >= 15 is 0 Å². The average Bonchev–Trinajstić information content (AvgIpc) is 3.22. The van der Waals surface area contributed by atoms with Gasteiger partial charge in [0, 0.05) is 30.2 Å². The maximum Gasteiger partial charge on any atom is 0.255 e. The molecule has 3 N–H and O–H groups in total. The summed E-state index contributed by atoms with van der Waals surface area (Å²) >= 11 is 0. The molecule has 1 saturated heterocycles. The number of carbonyl (C=O) groups is 2. The van der Waals surface area contributed by atoms with E-state index in [0.717, 1.165) is 19.4 Å². The Morgan fingerprint density at radius 3 is 2.21 bits per heavy atom. The predicted molar refractivity (Wildman–Crippen MR) is 115 cm³/mol. The van der Waals surface area contributed by atoms with Gasteiger partial charge in [-0.05, 0) is 31.5 Å². The van der Waals surface area contributed by atoms with Crippen molar-refractivity contribution in [3.05, 3.63) is 48.0 Å². The number of rotatable bonds is 7. The molecule has 2 amide bonds. The van der Waals surface area contributed by atoms with E-state index in [9.17, 15) is 9.59 Å². The summed E-state index contributed by atoms with van der Waals surface area (Å²) in [6, 6.07) is 12.4. The van der Waals surface area contributed by atoms with Crippen LogP contribution in [0, 0.1) is 0 Å². The van der Waals surface area contributed by atoms with Crippen molar-refractivity contribution >= 4 is 35.6 Å². The summed E-state index contributed by atoms with van der Waals surface area (Å²) < 4.78 is 10.8. The number of amides is 2. The molecule has 29 heavy (non-hydrogen) atoms. The van der Waals surface area contributed by atoms with Crippen LogP contribution in [-0.2, 0) is 4.79 Å². The molecule has 7 nitrogen and oxygen atoms in total. The monoisotopic (exact) mass is 419 g/mol. The fraction of sp³-hybridized carbons (Fsp3) is 0.333. The normalized spacial score (nSPS) is 15.2. The number of hydrogen-bond acceptors (Lipinski definition) is 5. The van der Waals surface area contributed by atoms with Crippen LogP contribution in [0.2, 0.25) is 0 Å². The van der Waals surface area contributed by atoms with Gasteiger partial charge in [0.25, 0.3) is 5.91 Å². The third-order valence-corrected chi connectivity index (χ3v) is 4.67. The Morgan fingerprint density at radius 2 is 1.66 bits per heavy atom. The van der Waals surface area contributed by atoms with Gasteiger partial charge in [-0.15, -0.1) is 12.4 Å². The molecule has 1 atom stereocenters. The lowest BCUT2D eigenvalue weighted by molar-refractivity contribution is -0.116. The molecule has 1 fully saturated rings. The first kappa shape index (κ1) is 22.5. The van der Waals surface area contributed by atoms with E-state index in [2.05, 4.69) is 16.0 Å². The molecule has 8 heteroatoms. The second kappa shape index (κ2) is 10.7. The van der Waals surface area contributed by atoms with Crippen LogP contribution in [0.1, 0.15) is 29.6 Å². The van der Waals surface area contributed by atoms with Crippen molar-refractivity contribution in [2.24, 2.45) is 0 Å². The molecule has 0 radical (unpaired) electrons. The quantitative estimate of drug-likeness (QED) is 0.639. The lowest BCUT2D eigenvalue weighted by Gasteiger charge is -2.17. The second-order valence-electron chi connectivity index (χ2n) is 6.62. The second-order valence-corrected chi connectivity index (χ2v) is 6.62. The van der Waals surface area contributed by atoms with Crippen molar-refractivity contribution in [1.82, 2.24) is 5.32 Å². The summed E-state index contributed by atoms with van der Waals surface area (Å²) in [5, 5.41) is 9.01. The van der Waals surface area contributed by atoms with Crippen LogP contribution in [0.15, 0.2) is 42.5 Å². The highest BCUT2D eigenvalue weighted by Gasteiger charge is 2.20. The minimum Gasteiger partial charge on any atom is -0.494 e. The molecule has 0 aliphatic carbocycles. The molecule has 1 aliphatic heterocycles. The van der Waals surface area contributed by atoms with Crippen molar-refractivity contribution in [2.45, 2.75) is 25.3 Å². The van der Waals surface area contributed by atoms with Crippen molar-refractivity contribution in [2.75, 3.05) is 31.4 Å². The Balaban J connectivity index is 0.00000300. The van der Waals surface area contributed by atoms with E-state index in [1.807, 2.05) is 6.07 Å². The molecule has 156 valence electrons. The SMILES string of the molecule is COc1cc(NC(=O)c2ccccc2)c(OC)cc1NC(=O)CC1CCCN1.Cl. The number of hydrogen-bond donors (Lipinski definition) is 3. The maximum atomic E-state index is 12.5. The number of nitrogens with one attached hydrogen (secondary N) is 3. The van der Waals surface area contributed by atoms with Crippen LogP contribution in [0.5, 0.6) is 11.5 Å². The number of methoxy groups -OCH3 is 2. The topological polar surface area (TPSA) is 88.7 Å². The number of ether oxygens (including phenoxy) is 2. The predicted octanol–water partition coefficient (Wildman–Crippen LogP) is 3.46. The summed E-state index contributed by atoms with van der Waals surface area (Å²) in [5.74, 6) is 0.516. The molecule has 1 heterocycles. The highest BCUT2D eigenvalue weighted by Crippen LogP contribution is 2.36. The third kappa shape index (κ3) is 5.85. The maximum absolute atomic E-state index is 12.5. The lowest BCUT2D eigenvalue weighted by atomic mass is 10.1. The highest BCUT2D eigenvalue weighted by atomic mass is 35.5. The van der Waals surface area contributed by atoms with Crippen LogP contribution >= 0.6 is 12.4 Å². The first-order chi connectivity index (χ1) is 13.6. The van der Waals surface area contributed by atoms with Gasteiger partial charge in [0.15, 0.2) is 0 Å². The zero-order valence-electron chi connectivity index (χ0n) is 16.5. The van der Waals surface area contributed by atoms with Gasteiger partial charge in [0.2, 0.25) is 5.91 Å².